The third-order valence-electron chi connectivity index (χ3n) is 6.99. The number of para-hydroxylation sites is 2. The van der Waals surface area contributed by atoms with Crippen LogP contribution in [0.1, 0.15) is 0 Å². The van der Waals surface area contributed by atoms with E-state index in [0.29, 0.717) is 0 Å². The van der Waals surface area contributed by atoms with Gasteiger partial charge in [-0.1, -0.05) is 115 Å². The van der Waals surface area contributed by atoms with E-state index in [2.05, 4.69) is 144 Å². The highest BCUT2D eigenvalue weighted by atomic mass is 15.0. The summed E-state index contributed by atoms with van der Waals surface area (Å²) in [5.74, 6) is 0. The zero-order chi connectivity index (χ0) is 23.2. The molecule has 0 saturated heterocycles. The second-order valence-electron chi connectivity index (χ2n) is 9.00. The van der Waals surface area contributed by atoms with Crippen LogP contribution in [0.15, 0.2) is 140 Å². The molecule has 7 aromatic rings. The van der Waals surface area contributed by atoms with Crippen LogP contribution < -0.4 is 0 Å². The SMILES string of the molecule is c1ccc(-c2ccc(-c3cc4c5ccccc5n(-c5ccccc5)c4c4ccccc34)cc2)cc1. The van der Waals surface area contributed by atoms with E-state index >= 15 is 0 Å². The Morgan fingerprint density at radius 2 is 0.914 bits per heavy atom. The molecular weight excluding hydrogens is 422 g/mol. The van der Waals surface area contributed by atoms with E-state index in [1.165, 1.54) is 60.5 Å². The fourth-order valence-electron chi connectivity index (χ4n) is 5.38. The first-order chi connectivity index (χ1) is 17.4. The van der Waals surface area contributed by atoms with Gasteiger partial charge < -0.3 is 4.57 Å². The quantitative estimate of drug-likeness (QED) is 0.255. The normalized spacial score (nSPS) is 11.4. The molecule has 1 heteroatoms. The first-order valence-corrected chi connectivity index (χ1v) is 12.0. The van der Waals surface area contributed by atoms with Gasteiger partial charge in [0.15, 0.2) is 0 Å². The van der Waals surface area contributed by atoms with Gasteiger partial charge in [0.05, 0.1) is 11.0 Å². The lowest BCUT2D eigenvalue weighted by molar-refractivity contribution is 1.19. The molecule has 0 amide bonds. The third-order valence-corrected chi connectivity index (χ3v) is 6.99. The third kappa shape index (κ3) is 3.17. The zero-order valence-corrected chi connectivity index (χ0v) is 19.2. The van der Waals surface area contributed by atoms with Gasteiger partial charge in [0.1, 0.15) is 0 Å². The van der Waals surface area contributed by atoms with E-state index in [1.54, 1.807) is 0 Å². The van der Waals surface area contributed by atoms with Crippen molar-refractivity contribution in [1.82, 2.24) is 4.57 Å². The first-order valence-electron chi connectivity index (χ1n) is 12.0. The fraction of sp³-hybridized carbons (Fsp3) is 0. The second-order valence-corrected chi connectivity index (χ2v) is 9.00. The van der Waals surface area contributed by atoms with Gasteiger partial charge in [-0.2, -0.15) is 0 Å². The van der Waals surface area contributed by atoms with E-state index in [0.717, 1.165) is 0 Å². The van der Waals surface area contributed by atoms with Crippen LogP contribution >= 0.6 is 0 Å². The van der Waals surface area contributed by atoms with E-state index < -0.39 is 0 Å². The summed E-state index contributed by atoms with van der Waals surface area (Å²) in [6.45, 7) is 0. The maximum atomic E-state index is 2.41. The van der Waals surface area contributed by atoms with Crippen molar-refractivity contribution < 1.29 is 0 Å². The molecule has 0 atom stereocenters. The van der Waals surface area contributed by atoms with E-state index in [-0.39, 0.29) is 0 Å². The first kappa shape index (κ1) is 19.8. The molecule has 0 spiro atoms. The molecule has 0 aliphatic rings. The van der Waals surface area contributed by atoms with Gasteiger partial charge in [0.25, 0.3) is 0 Å². The lowest BCUT2D eigenvalue weighted by Crippen LogP contribution is -1.94. The molecule has 0 aliphatic carbocycles. The van der Waals surface area contributed by atoms with Crippen LogP contribution in [0.4, 0.5) is 0 Å². The number of fused-ring (bicyclic) bond motifs is 5. The van der Waals surface area contributed by atoms with E-state index in [1.807, 2.05) is 0 Å². The summed E-state index contributed by atoms with van der Waals surface area (Å²) in [4.78, 5) is 0. The summed E-state index contributed by atoms with van der Waals surface area (Å²) in [7, 11) is 0. The number of nitrogens with zero attached hydrogens (tertiary/aromatic N) is 1. The minimum absolute atomic E-state index is 1.18. The van der Waals surface area contributed by atoms with Crippen molar-refractivity contribution in [2.75, 3.05) is 0 Å². The molecule has 1 aromatic heterocycles. The Morgan fingerprint density at radius 1 is 0.371 bits per heavy atom. The molecule has 0 saturated carbocycles. The molecule has 0 fully saturated rings. The summed E-state index contributed by atoms with van der Waals surface area (Å²) in [5, 5.41) is 5.10. The predicted molar refractivity (Wildman–Crippen MR) is 149 cm³/mol. The van der Waals surface area contributed by atoms with Crippen LogP contribution in [0.5, 0.6) is 0 Å². The minimum Gasteiger partial charge on any atom is -0.309 e. The maximum absolute atomic E-state index is 2.41. The smallest absolute Gasteiger partial charge is 0.0619 e. The molecule has 0 unspecified atom stereocenters. The van der Waals surface area contributed by atoms with Crippen molar-refractivity contribution in [3.05, 3.63) is 140 Å². The Bertz CT molecular complexity index is 1810. The van der Waals surface area contributed by atoms with Crippen molar-refractivity contribution in [2.45, 2.75) is 0 Å². The molecule has 6 aromatic carbocycles. The Balaban J connectivity index is 1.54. The molecule has 35 heavy (non-hydrogen) atoms. The van der Waals surface area contributed by atoms with Gasteiger partial charge in [-0.05, 0) is 51.9 Å². The number of hydrogen-bond acceptors (Lipinski definition) is 0. The van der Waals surface area contributed by atoms with Gasteiger partial charge in [-0.25, -0.2) is 0 Å². The monoisotopic (exact) mass is 445 g/mol. The lowest BCUT2D eigenvalue weighted by Gasteiger charge is -2.13. The van der Waals surface area contributed by atoms with Crippen molar-refractivity contribution in [3.8, 4) is 27.9 Å². The number of benzene rings is 6. The molecule has 1 heterocycles. The number of rotatable bonds is 3. The predicted octanol–water partition coefficient (Wildman–Crippen LogP) is 9.27. The van der Waals surface area contributed by atoms with Gasteiger partial charge in [0, 0.05) is 21.8 Å². The van der Waals surface area contributed by atoms with Crippen LogP contribution in [0.3, 0.4) is 0 Å². The average molecular weight is 446 g/mol. The van der Waals surface area contributed by atoms with Crippen LogP contribution in [-0.4, -0.2) is 4.57 Å². The molecule has 164 valence electrons. The standard InChI is InChI=1S/C34H23N/c1-3-11-24(12-4-1)25-19-21-26(22-20-25)31-23-32-29-16-9-10-18-33(29)35(27-13-5-2-6-14-27)34(32)30-17-8-7-15-28(30)31/h1-23H. The molecule has 0 radical (unpaired) electrons. The van der Waals surface area contributed by atoms with Crippen LogP contribution in [0.25, 0.3) is 60.5 Å². The van der Waals surface area contributed by atoms with Gasteiger partial charge in [-0.15, -0.1) is 0 Å². The van der Waals surface area contributed by atoms with Gasteiger partial charge >= 0.3 is 0 Å². The Hall–Kier alpha value is -4.62. The molecule has 1 nitrogen and oxygen atoms in total. The average Bonchev–Trinajstić information content (AvgIpc) is 3.28. The molecule has 7 rings (SSSR count). The van der Waals surface area contributed by atoms with E-state index in [9.17, 15) is 0 Å². The largest absolute Gasteiger partial charge is 0.309 e. The highest BCUT2D eigenvalue weighted by molar-refractivity contribution is 6.22. The summed E-state index contributed by atoms with van der Waals surface area (Å²) >= 11 is 0. The Morgan fingerprint density at radius 3 is 1.66 bits per heavy atom. The number of hydrogen-bond donors (Lipinski definition) is 0. The summed E-state index contributed by atoms with van der Waals surface area (Å²) < 4.78 is 2.41. The Labute approximate surface area is 204 Å². The van der Waals surface area contributed by atoms with Crippen LogP contribution in [0, 0.1) is 0 Å². The summed E-state index contributed by atoms with van der Waals surface area (Å²) in [6.07, 6.45) is 0. The minimum atomic E-state index is 1.18. The van der Waals surface area contributed by atoms with Crippen molar-refractivity contribution in [2.24, 2.45) is 0 Å². The molecular formula is C34H23N. The molecule has 0 bridgehead atoms. The highest BCUT2D eigenvalue weighted by Gasteiger charge is 2.17. The maximum Gasteiger partial charge on any atom is 0.0619 e. The highest BCUT2D eigenvalue weighted by Crippen LogP contribution is 2.41. The Kier molecular flexibility index (Phi) is 4.53. The van der Waals surface area contributed by atoms with Crippen LogP contribution in [0.2, 0.25) is 0 Å². The van der Waals surface area contributed by atoms with Crippen molar-refractivity contribution in [1.29, 1.82) is 0 Å². The van der Waals surface area contributed by atoms with Gasteiger partial charge in [0.2, 0.25) is 0 Å². The second kappa shape index (κ2) is 8.00. The lowest BCUT2D eigenvalue weighted by atomic mass is 9.94. The van der Waals surface area contributed by atoms with E-state index in [4.69, 9.17) is 0 Å². The molecule has 0 aliphatic heterocycles. The zero-order valence-electron chi connectivity index (χ0n) is 19.2. The van der Waals surface area contributed by atoms with Crippen molar-refractivity contribution >= 4 is 32.6 Å². The molecule has 0 N–H and O–H groups in total. The summed E-state index contributed by atoms with van der Waals surface area (Å²) in [6, 6.07) is 50.2. The van der Waals surface area contributed by atoms with Crippen LogP contribution in [-0.2, 0) is 0 Å². The fourth-order valence-corrected chi connectivity index (χ4v) is 5.38. The van der Waals surface area contributed by atoms with Crippen molar-refractivity contribution in [3.63, 3.8) is 0 Å². The topological polar surface area (TPSA) is 4.93 Å². The number of aromatic nitrogens is 1. The van der Waals surface area contributed by atoms with Gasteiger partial charge in [-0.3, -0.25) is 0 Å². The summed E-state index contributed by atoms with van der Waals surface area (Å²) in [5.41, 5.74) is 8.66.